The summed E-state index contributed by atoms with van der Waals surface area (Å²) < 4.78 is 37.8. The van der Waals surface area contributed by atoms with Crippen molar-refractivity contribution in [3.63, 3.8) is 0 Å². The summed E-state index contributed by atoms with van der Waals surface area (Å²) in [6.07, 6.45) is -2.34. The number of halogens is 3. The lowest BCUT2D eigenvalue weighted by atomic mass is 10.0. The van der Waals surface area contributed by atoms with Crippen LogP contribution in [0.3, 0.4) is 0 Å². The number of rotatable bonds is 3. The van der Waals surface area contributed by atoms with E-state index in [1.165, 1.54) is 0 Å². The third kappa shape index (κ3) is 3.37. The van der Waals surface area contributed by atoms with E-state index in [0.717, 1.165) is 11.3 Å². The van der Waals surface area contributed by atoms with Gasteiger partial charge in [-0.25, -0.2) is 0 Å². The van der Waals surface area contributed by atoms with E-state index in [2.05, 4.69) is 5.32 Å². The maximum Gasteiger partial charge on any atom is 0.406 e. The lowest BCUT2D eigenvalue weighted by molar-refractivity contribution is -0.167. The predicted octanol–water partition coefficient (Wildman–Crippen LogP) is 1.79. The molecular weight excluding hydrogens is 245 g/mol. The van der Waals surface area contributed by atoms with Gasteiger partial charge in [0.1, 0.15) is 6.54 Å². The molecule has 2 fully saturated rings. The molecule has 0 aromatic heterocycles. The molecule has 1 amide bonds. The van der Waals surface area contributed by atoms with Gasteiger partial charge in [0.05, 0.1) is 0 Å². The highest BCUT2D eigenvalue weighted by Gasteiger charge is 2.46. The summed E-state index contributed by atoms with van der Waals surface area (Å²) in [5.74, 6) is -0.232. The second kappa shape index (κ2) is 5.07. The Bertz CT molecular complexity index is 313. The van der Waals surface area contributed by atoms with E-state index in [9.17, 15) is 18.0 Å². The van der Waals surface area contributed by atoms with E-state index in [4.69, 9.17) is 0 Å². The van der Waals surface area contributed by atoms with Crippen molar-refractivity contribution in [3.8, 4) is 0 Å². The van der Waals surface area contributed by atoms with Crippen LogP contribution in [0, 0.1) is 11.8 Å². The molecule has 6 heteroatoms. The van der Waals surface area contributed by atoms with Crippen LogP contribution in [0.15, 0.2) is 0 Å². The van der Waals surface area contributed by atoms with Crippen LogP contribution in [-0.2, 0) is 4.79 Å². The number of nitrogens with zero attached hydrogens (tertiary/aromatic N) is 1. The molecule has 2 atom stereocenters. The van der Waals surface area contributed by atoms with Crippen molar-refractivity contribution in [2.24, 2.45) is 11.8 Å². The van der Waals surface area contributed by atoms with E-state index in [1.54, 1.807) is 0 Å². The van der Waals surface area contributed by atoms with Gasteiger partial charge in [-0.2, -0.15) is 13.2 Å². The van der Waals surface area contributed by atoms with Gasteiger partial charge in [0, 0.05) is 12.0 Å². The fourth-order valence-electron chi connectivity index (χ4n) is 2.58. The first-order valence-corrected chi connectivity index (χ1v) is 6.46. The van der Waals surface area contributed by atoms with Crippen molar-refractivity contribution < 1.29 is 18.0 Å². The monoisotopic (exact) mass is 264 g/mol. The summed E-state index contributed by atoms with van der Waals surface area (Å²) in [6, 6.07) is -0.256. The van der Waals surface area contributed by atoms with E-state index < -0.39 is 12.7 Å². The zero-order valence-electron chi connectivity index (χ0n) is 10.5. The minimum absolute atomic E-state index is 0.178. The third-order valence-electron chi connectivity index (χ3n) is 3.81. The molecule has 0 radical (unpaired) electrons. The number of alkyl halides is 3. The number of hydrogen-bond acceptors (Lipinski definition) is 2. The summed E-state index contributed by atoms with van der Waals surface area (Å²) in [6.45, 7) is 2.19. The molecule has 3 nitrogen and oxygen atoms in total. The largest absolute Gasteiger partial charge is 0.406 e. The maximum atomic E-state index is 12.6. The summed E-state index contributed by atoms with van der Waals surface area (Å²) in [5, 5.41) is 3.11. The van der Waals surface area contributed by atoms with Gasteiger partial charge in [-0.15, -0.1) is 0 Å². The van der Waals surface area contributed by atoms with Gasteiger partial charge < -0.3 is 10.2 Å². The smallest absolute Gasteiger partial charge is 0.330 e. The zero-order chi connectivity index (χ0) is 13.3. The average Bonchev–Trinajstić information content (AvgIpc) is 3.02. The van der Waals surface area contributed by atoms with Gasteiger partial charge in [0.15, 0.2) is 0 Å². The molecule has 18 heavy (non-hydrogen) atoms. The number of nitrogens with one attached hydrogen (secondary N) is 1. The number of carbonyl (C=O) groups excluding carboxylic acids is 1. The van der Waals surface area contributed by atoms with Gasteiger partial charge in [-0.3, -0.25) is 4.79 Å². The van der Waals surface area contributed by atoms with E-state index in [-0.39, 0.29) is 23.8 Å². The van der Waals surface area contributed by atoms with Gasteiger partial charge in [0.2, 0.25) is 5.91 Å². The highest BCUT2D eigenvalue weighted by molar-refractivity contribution is 5.82. The second-order valence-electron chi connectivity index (χ2n) is 5.38. The Hall–Kier alpha value is -0.780. The highest BCUT2D eigenvalue weighted by Crippen LogP contribution is 2.40. The van der Waals surface area contributed by atoms with Crippen LogP contribution in [-0.4, -0.2) is 42.7 Å². The Morgan fingerprint density at radius 1 is 1.33 bits per heavy atom. The molecule has 104 valence electrons. The van der Waals surface area contributed by atoms with Crippen molar-refractivity contribution in [2.45, 2.75) is 38.4 Å². The minimum atomic E-state index is -4.31. The van der Waals surface area contributed by atoms with Crippen LogP contribution in [0.1, 0.15) is 26.2 Å². The van der Waals surface area contributed by atoms with Crippen molar-refractivity contribution in [1.82, 2.24) is 10.2 Å². The number of piperidine rings is 1. The fourth-order valence-corrected chi connectivity index (χ4v) is 2.58. The quantitative estimate of drug-likeness (QED) is 0.843. The Labute approximate surface area is 105 Å². The van der Waals surface area contributed by atoms with Crippen LogP contribution in [0.4, 0.5) is 13.2 Å². The van der Waals surface area contributed by atoms with Gasteiger partial charge in [0.25, 0.3) is 0 Å². The van der Waals surface area contributed by atoms with Crippen molar-refractivity contribution in [1.29, 1.82) is 0 Å². The third-order valence-corrected chi connectivity index (χ3v) is 3.81. The summed E-state index contributed by atoms with van der Waals surface area (Å²) >= 11 is 0. The first kappa shape index (κ1) is 13.6. The Morgan fingerprint density at radius 2 is 1.89 bits per heavy atom. The molecule has 0 aromatic rings. The van der Waals surface area contributed by atoms with E-state index in [1.807, 2.05) is 6.92 Å². The molecule has 1 heterocycles. The highest BCUT2D eigenvalue weighted by atomic mass is 19.4. The SMILES string of the molecule is CC1CC1C(=O)N(CC(F)(F)F)C1CCNCC1. The molecule has 1 saturated heterocycles. The van der Waals surface area contributed by atoms with Crippen LogP contribution >= 0.6 is 0 Å². The number of hydrogen-bond donors (Lipinski definition) is 1. The fraction of sp³-hybridized carbons (Fsp3) is 0.917. The van der Waals surface area contributed by atoms with Crippen LogP contribution < -0.4 is 5.32 Å². The van der Waals surface area contributed by atoms with Crippen molar-refractivity contribution >= 4 is 5.91 Å². The number of carbonyl (C=O) groups is 1. The predicted molar refractivity (Wildman–Crippen MR) is 60.9 cm³/mol. The Kier molecular flexibility index (Phi) is 3.84. The average molecular weight is 264 g/mol. The summed E-state index contributed by atoms with van der Waals surface area (Å²) in [7, 11) is 0. The lowest BCUT2D eigenvalue weighted by Gasteiger charge is -2.35. The van der Waals surface area contributed by atoms with Gasteiger partial charge in [-0.05, 0) is 38.3 Å². The van der Waals surface area contributed by atoms with Crippen molar-refractivity contribution in [3.05, 3.63) is 0 Å². The van der Waals surface area contributed by atoms with E-state index >= 15 is 0 Å². The van der Waals surface area contributed by atoms with Crippen LogP contribution in [0.5, 0.6) is 0 Å². The van der Waals surface area contributed by atoms with Crippen LogP contribution in [0.2, 0.25) is 0 Å². The molecule has 0 bridgehead atoms. The molecule has 1 saturated carbocycles. The molecule has 2 unspecified atom stereocenters. The molecule has 2 aliphatic rings. The first-order chi connectivity index (χ1) is 8.38. The summed E-state index contributed by atoms with van der Waals surface area (Å²) in [4.78, 5) is 13.2. The standard InChI is InChI=1S/C12H19F3N2O/c1-8-6-10(8)11(18)17(7-12(13,14)15)9-2-4-16-5-3-9/h8-10,16H,2-7H2,1H3. The molecule has 1 aliphatic carbocycles. The molecule has 1 aliphatic heterocycles. The maximum absolute atomic E-state index is 12.6. The molecule has 0 spiro atoms. The summed E-state index contributed by atoms with van der Waals surface area (Å²) in [5.41, 5.74) is 0. The van der Waals surface area contributed by atoms with Gasteiger partial charge >= 0.3 is 6.18 Å². The molecule has 1 N–H and O–H groups in total. The molecule has 2 rings (SSSR count). The Morgan fingerprint density at radius 3 is 2.33 bits per heavy atom. The zero-order valence-corrected chi connectivity index (χ0v) is 10.5. The first-order valence-electron chi connectivity index (χ1n) is 6.46. The van der Waals surface area contributed by atoms with Crippen molar-refractivity contribution in [2.75, 3.05) is 19.6 Å². The normalized spacial score (nSPS) is 29.1. The van der Waals surface area contributed by atoms with E-state index in [0.29, 0.717) is 25.9 Å². The van der Waals surface area contributed by atoms with Gasteiger partial charge in [-0.1, -0.05) is 6.92 Å². The Balaban J connectivity index is 2.03. The topological polar surface area (TPSA) is 32.3 Å². The molecule has 0 aromatic carbocycles. The second-order valence-corrected chi connectivity index (χ2v) is 5.38. The molecular formula is C12H19F3N2O. The lowest BCUT2D eigenvalue weighted by Crippen LogP contribution is -2.50. The number of amides is 1. The minimum Gasteiger partial charge on any atom is -0.330 e. The van der Waals surface area contributed by atoms with Crippen LogP contribution in [0.25, 0.3) is 0 Å².